The first kappa shape index (κ1) is 15.8. The molecule has 5 aromatic rings. The molecule has 0 saturated heterocycles. The van der Waals surface area contributed by atoms with Crippen molar-refractivity contribution in [2.75, 3.05) is 0 Å². The molecule has 1 aromatic heterocycles. The van der Waals surface area contributed by atoms with Gasteiger partial charge in [-0.2, -0.15) is 0 Å². The zero-order chi connectivity index (χ0) is 17.1. The van der Waals surface area contributed by atoms with Crippen LogP contribution in [0, 0.1) is 0 Å². The van der Waals surface area contributed by atoms with E-state index in [1.54, 1.807) is 0 Å². The Morgan fingerprint density at radius 3 is 1.52 bits per heavy atom. The minimum atomic E-state index is 1.07. The van der Waals surface area contributed by atoms with Crippen LogP contribution in [0.3, 0.4) is 0 Å². The molecule has 0 saturated carbocycles. The van der Waals surface area contributed by atoms with Crippen molar-refractivity contribution in [2.24, 2.45) is 0 Å². The van der Waals surface area contributed by atoms with E-state index in [-0.39, 0.29) is 0 Å². The van der Waals surface area contributed by atoms with Crippen LogP contribution in [0.1, 0.15) is 0 Å². The second-order valence-electron chi connectivity index (χ2n) is 5.97. The van der Waals surface area contributed by atoms with E-state index in [2.05, 4.69) is 94.1 Å². The normalized spacial score (nSPS) is 10.6. The molecule has 5 rings (SSSR count). The molecule has 1 nitrogen and oxygen atoms in total. The zero-order valence-corrected chi connectivity index (χ0v) is 14.9. The molecule has 0 atom stereocenters. The molecule has 25 heavy (non-hydrogen) atoms. The number of aromatic nitrogens is 1. The predicted octanol–water partition coefficient (Wildman–Crippen LogP) is 5.02. The van der Waals surface area contributed by atoms with E-state index >= 15 is 0 Å². The molecular formula is C23H16AlN+2. The van der Waals surface area contributed by atoms with Crippen LogP contribution in [-0.4, -0.2) is 21.3 Å². The number of pyridine rings is 1. The number of hydrogen-bond donors (Lipinski definition) is 0. The quantitative estimate of drug-likeness (QED) is 0.286. The van der Waals surface area contributed by atoms with Crippen molar-refractivity contribution < 1.29 is 0 Å². The first-order valence-electron chi connectivity index (χ1n) is 8.28. The topological polar surface area (TPSA) is 12.9 Å². The average Bonchev–Trinajstić information content (AvgIpc) is 2.67. The number of nitrogens with zero attached hydrogens (tertiary/aromatic N) is 1. The van der Waals surface area contributed by atoms with E-state index in [0.29, 0.717) is 0 Å². The molecule has 0 fully saturated rings. The minimum absolute atomic E-state index is 1.07. The number of hydrogen-bond acceptors (Lipinski definition) is 1. The summed E-state index contributed by atoms with van der Waals surface area (Å²) < 4.78 is 1.16. The van der Waals surface area contributed by atoms with Gasteiger partial charge in [-0.05, 0) is 33.7 Å². The fraction of sp³-hybridized carbons (Fsp3) is 0. The fourth-order valence-corrected chi connectivity index (χ4v) is 3.36. The predicted molar refractivity (Wildman–Crippen MR) is 109 cm³/mol. The van der Waals surface area contributed by atoms with Crippen molar-refractivity contribution >= 4 is 53.2 Å². The standard InChI is InChI=1S/C14H10.C9H6N.Al/c1-2-6-12-10-14-8-4-3-7-13(14)9-11(12)5-1;1-2-6-9-8(4-1)5-3-7-10-9;/h1-10H;1-5,7H;/q;;+2. The van der Waals surface area contributed by atoms with Gasteiger partial charge in [-0.25, -0.2) is 0 Å². The van der Waals surface area contributed by atoms with Gasteiger partial charge < -0.3 is 0 Å². The third-order valence-corrected chi connectivity index (χ3v) is 4.74. The third-order valence-electron chi connectivity index (χ3n) is 4.28. The average molecular weight is 333 g/mol. The van der Waals surface area contributed by atoms with Crippen molar-refractivity contribution in [3.8, 4) is 0 Å². The van der Waals surface area contributed by atoms with Gasteiger partial charge in [0.05, 0.1) is 0 Å². The molecule has 0 radical (unpaired) electrons. The van der Waals surface area contributed by atoms with Gasteiger partial charge in [0.15, 0.2) is 0 Å². The van der Waals surface area contributed by atoms with E-state index in [1.165, 1.54) is 26.9 Å². The first-order chi connectivity index (χ1) is 12.3. The van der Waals surface area contributed by atoms with E-state index in [0.717, 1.165) is 9.94 Å². The molecule has 0 unspecified atom stereocenters. The Morgan fingerprint density at radius 1 is 0.520 bits per heavy atom. The Bertz CT molecular complexity index is 1050. The molecule has 0 aliphatic heterocycles. The maximum absolute atomic E-state index is 4.26. The molecule has 0 bridgehead atoms. The molecular weight excluding hydrogens is 317 g/mol. The summed E-state index contributed by atoms with van der Waals surface area (Å²) in [5, 5.41) is 6.44. The van der Waals surface area contributed by atoms with E-state index in [1.807, 2.05) is 24.4 Å². The van der Waals surface area contributed by atoms with Gasteiger partial charge in [-0.15, -0.1) is 0 Å². The molecule has 0 amide bonds. The summed E-state index contributed by atoms with van der Waals surface area (Å²) in [7, 11) is 0. The number of rotatable bonds is 0. The number of benzene rings is 4. The second-order valence-corrected chi connectivity index (χ2v) is 6.59. The van der Waals surface area contributed by atoms with Crippen molar-refractivity contribution in [1.29, 1.82) is 0 Å². The Kier molecular flexibility index (Phi) is 4.48. The second kappa shape index (κ2) is 7.07. The number of para-hydroxylation sites is 1. The largest absolute Gasteiger partial charge is 0.0616 e. The van der Waals surface area contributed by atoms with Crippen LogP contribution in [-0.2, 0) is 0 Å². The summed E-state index contributed by atoms with van der Waals surface area (Å²) in [6, 6.07) is 31.6. The minimum Gasteiger partial charge on any atom is -0.0616 e. The molecule has 114 valence electrons. The summed E-state index contributed by atoms with van der Waals surface area (Å²) >= 11 is 2.68. The smallest absolute Gasteiger partial charge is 0.0178 e. The Hall–Kier alpha value is -2.66. The van der Waals surface area contributed by atoms with Gasteiger partial charge in [-0.1, -0.05) is 48.5 Å². The summed E-state index contributed by atoms with van der Waals surface area (Å²) in [6.45, 7) is 0. The van der Waals surface area contributed by atoms with Crippen LogP contribution in [0.15, 0.2) is 97.2 Å². The van der Waals surface area contributed by atoms with E-state index in [4.69, 9.17) is 0 Å². The van der Waals surface area contributed by atoms with Crippen LogP contribution < -0.4 is 4.43 Å². The molecule has 2 heteroatoms. The SMILES string of the molecule is [Al+2][c]1cccc2cccnc12.c1ccc2cc3ccccc3cc2c1. The molecule has 0 aliphatic carbocycles. The molecule has 0 spiro atoms. The summed E-state index contributed by atoms with van der Waals surface area (Å²) in [4.78, 5) is 4.26. The maximum atomic E-state index is 4.26. The van der Waals surface area contributed by atoms with Gasteiger partial charge in [0, 0.05) is 0 Å². The van der Waals surface area contributed by atoms with Crippen LogP contribution in [0.2, 0.25) is 0 Å². The summed E-state index contributed by atoms with van der Waals surface area (Å²) in [5.74, 6) is 0. The third kappa shape index (κ3) is 3.42. The van der Waals surface area contributed by atoms with Crippen LogP contribution in [0.4, 0.5) is 0 Å². The first-order valence-corrected chi connectivity index (χ1v) is 8.86. The summed E-state index contributed by atoms with van der Waals surface area (Å²) in [6.07, 6.45) is 1.82. The van der Waals surface area contributed by atoms with Gasteiger partial charge in [0.2, 0.25) is 0 Å². The monoisotopic (exact) mass is 333 g/mol. The molecule has 4 aromatic carbocycles. The van der Waals surface area contributed by atoms with Gasteiger partial charge in [0.1, 0.15) is 0 Å². The molecule has 0 aliphatic rings. The van der Waals surface area contributed by atoms with Gasteiger partial charge in [-0.3, -0.25) is 0 Å². The van der Waals surface area contributed by atoms with Gasteiger partial charge in [0.25, 0.3) is 0 Å². The molecule has 1 heterocycles. The van der Waals surface area contributed by atoms with E-state index in [9.17, 15) is 0 Å². The van der Waals surface area contributed by atoms with Crippen LogP contribution in [0.5, 0.6) is 0 Å². The van der Waals surface area contributed by atoms with Crippen LogP contribution in [0.25, 0.3) is 32.4 Å². The van der Waals surface area contributed by atoms with E-state index < -0.39 is 0 Å². The fourth-order valence-electron chi connectivity index (χ4n) is 3.01. The maximum Gasteiger partial charge on any atom is -0.0178 e. The Balaban J connectivity index is 0.000000129. The molecule has 0 N–H and O–H groups in total. The Morgan fingerprint density at radius 2 is 1.00 bits per heavy atom. The summed E-state index contributed by atoms with van der Waals surface area (Å²) in [5.41, 5.74) is 1.07. The van der Waals surface area contributed by atoms with Crippen molar-refractivity contribution in [3.63, 3.8) is 0 Å². The Labute approximate surface area is 155 Å². The zero-order valence-electron chi connectivity index (χ0n) is 13.8. The van der Waals surface area contributed by atoms with Crippen molar-refractivity contribution in [3.05, 3.63) is 97.2 Å². The van der Waals surface area contributed by atoms with Crippen LogP contribution >= 0.6 is 0 Å². The van der Waals surface area contributed by atoms with Crippen molar-refractivity contribution in [2.45, 2.75) is 0 Å². The number of fused-ring (bicyclic) bond motifs is 3. The van der Waals surface area contributed by atoms with Gasteiger partial charge >= 0.3 is 73.1 Å². The van der Waals surface area contributed by atoms with Crippen molar-refractivity contribution in [1.82, 2.24) is 4.98 Å².